The zero-order valence-corrected chi connectivity index (χ0v) is 21.4. The van der Waals surface area contributed by atoms with Crippen molar-refractivity contribution in [2.75, 3.05) is 54.6 Å². The van der Waals surface area contributed by atoms with Crippen LogP contribution in [0, 0.1) is 0 Å². The summed E-state index contributed by atoms with van der Waals surface area (Å²) in [5.74, 6) is 0. The average molecular weight is 529 g/mol. The molecule has 0 aromatic heterocycles. The van der Waals surface area contributed by atoms with Gasteiger partial charge in [0.15, 0.2) is 0 Å². The van der Waals surface area contributed by atoms with Crippen LogP contribution in [0.2, 0.25) is 0 Å². The summed E-state index contributed by atoms with van der Waals surface area (Å²) in [4.78, 5) is 4.28. The van der Waals surface area contributed by atoms with Gasteiger partial charge in [-0.2, -0.15) is 0 Å². The summed E-state index contributed by atoms with van der Waals surface area (Å²) >= 11 is -4.17. The second-order valence-corrected chi connectivity index (χ2v) is 14.9. The van der Waals surface area contributed by atoms with E-state index in [0.29, 0.717) is 38.5 Å². The third kappa shape index (κ3) is 11.8. The maximum atomic E-state index is 6.27. The van der Waals surface area contributed by atoms with Gasteiger partial charge in [0.1, 0.15) is 0 Å². The van der Waals surface area contributed by atoms with Crippen LogP contribution >= 0.6 is 0 Å². The van der Waals surface area contributed by atoms with Crippen LogP contribution in [0.3, 0.4) is 0 Å². The summed E-state index contributed by atoms with van der Waals surface area (Å²) in [5.41, 5.74) is 0. The first kappa shape index (κ1) is 25.6. The van der Waals surface area contributed by atoms with E-state index in [1.807, 2.05) is 0 Å². The van der Waals surface area contributed by atoms with Crippen molar-refractivity contribution < 1.29 is 33.1 Å². The van der Waals surface area contributed by atoms with Gasteiger partial charge in [0.05, 0.1) is 0 Å². The van der Waals surface area contributed by atoms with Gasteiger partial charge in [-0.1, -0.05) is 0 Å². The molecule has 0 aromatic rings. The van der Waals surface area contributed by atoms with Crippen LogP contribution < -0.4 is 0 Å². The van der Waals surface area contributed by atoms with Crippen molar-refractivity contribution >= 4 is 0 Å². The molecular weight excluding hydrogens is 487 g/mol. The number of unbranched alkanes of at least 4 members (excludes halogenated alkanes) is 2. The molecule has 0 rings (SSSR count). The minimum atomic E-state index is -4.17. The van der Waals surface area contributed by atoms with Gasteiger partial charge in [-0.25, -0.2) is 0 Å². The normalized spacial score (nSPS) is 15.1. The Hall–Kier alpha value is 0.630. The third-order valence-corrected chi connectivity index (χ3v) is 12.1. The Morgan fingerprint density at radius 3 is 1.32 bits per heavy atom. The van der Waals surface area contributed by atoms with Crippen molar-refractivity contribution in [1.29, 1.82) is 0 Å². The van der Waals surface area contributed by atoms with E-state index in [9.17, 15) is 0 Å². The second-order valence-electron chi connectivity index (χ2n) is 7.15. The predicted octanol–water partition coefficient (Wildman–Crippen LogP) is 3.37. The molecule has 2 unspecified atom stereocenters. The fraction of sp³-hybridized carbons (Fsp3) is 1.00. The molecule has 0 N–H and O–H groups in total. The Kier molecular flexibility index (Phi) is 15.0. The van der Waals surface area contributed by atoms with Crippen molar-refractivity contribution in [1.82, 2.24) is 9.80 Å². The van der Waals surface area contributed by atoms with Gasteiger partial charge in [-0.05, 0) is 0 Å². The Bertz CT molecular complexity index is 289. The molecule has 0 amide bonds. The SMILES string of the molecule is CCCC[O][Hf]([O]CCCC)([O]CC(C)N(C)C)[O]CC(C)N(C)C. The van der Waals surface area contributed by atoms with Crippen LogP contribution in [0.25, 0.3) is 0 Å². The molecule has 0 spiro atoms. The standard InChI is InChI=1S/2C5H12NO.2C4H9O.Hf/c2*1-5(4-7)6(2)3;2*1-2-3-4-5;/h2*5H,4H2,1-3H3;2*2-4H2,1H3;/q4*-1;+4. The average Bonchev–Trinajstić information content (AvgIpc) is 2.57. The maximum absolute atomic E-state index is 6.27. The molecule has 25 heavy (non-hydrogen) atoms. The summed E-state index contributed by atoms with van der Waals surface area (Å²) in [5, 5.41) is 0. The van der Waals surface area contributed by atoms with Crippen LogP contribution in [-0.4, -0.2) is 76.5 Å². The summed E-state index contributed by atoms with van der Waals surface area (Å²) in [7, 11) is 8.21. The van der Waals surface area contributed by atoms with Crippen LogP contribution in [0.5, 0.6) is 0 Å². The molecule has 0 saturated carbocycles. The molecule has 0 heterocycles. The zero-order valence-electron chi connectivity index (χ0n) is 17.8. The molecule has 0 fully saturated rings. The van der Waals surface area contributed by atoms with E-state index in [4.69, 9.17) is 11.4 Å². The number of rotatable bonds is 16. The Labute approximate surface area is 162 Å². The molecule has 0 aliphatic carbocycles. The van der Waals surface area contributed by atoms with Crippen molar-refractivity contribution in [2.24, 2.45) is 0 Å². The number of hydrogen-bond donors (Lipinski definition) is 0. The van der Waals surface area contributed by atoms with Gasteiger partial charge < -0.3 is 0 Å². The van der Waals surface area contributed by atoms with Gasteiger partial charge in [-0.3, -0.25) is 0 Å². The molecule has 0 aliphatic rings. The monoisotopic (exact) mass is 530 g/mol. The van der Waals surface area contributed by atoms with Gasteiger partial charge >= 0.3 is 163 Å². The van der Waals surface area contributed by atoms with Crippen molar-refractivity contribution in [2.45, 2.75) is 65.5 Å². The van der Waals surface area contributed by atoms with E-state index >= 15 is 0 Å². The summed E-state index contributed by atoms with van der Waals surface area (Å²) < 4.78 is 24.9. The van der Waals surface area contributed by atoms with Crippen LogP contribution in [0.4, 0.5) is 0 Å². The van der Waals surface area contributed by atoms with Crippen LogP contribution in [0.1, 0.15) is 53.4 Å². The summed E-state index contributed by atoms with van der Waals surface area (Å²) in [6.07, 6.45) is 4.16. The van der Waals surface area contributed by atoms with E-state index in [1.54, 1.807) is 0 Å². The Balaban J connectivity index is 5.01. The molecule has 2 atom stereocenters. The number of hydrogen-bond acceptors (Lipinski definition) is 6. The molecule has 0 saturated heterocycles. The van der Waals surface area contributed by atoms with E-state index in [-0.39, 0.29) is 0 Å². The van der Waals surface area contributed by atoms with Crippen LogP contribution in [-0.2, 0) is 33.1 Å². The van der Waals surface area contributed by atoms with Gasteiger partial charge in [-0.15, -0.1) is 0 Å². The molecule has 7 heteroatoms. The molecule has 0 aromatic carbocycles. The molecule has 0 aliphatic heterocycles. The Morgan fingerprint density at radius 1 is 0.680 bits per heavy atom. The summed E-state index contributed by atoms with van der Waals surface area (Å²) in [6, 6.07) is 0.581. The minimum absolute atomic E-state index is 0.291. The van der Waals surface area contributed by atoms with E-state index < -0.39 is 21.7 Å². The fourth-order valence-electron chi connectivity index (χ4n) is 1.68. The first-order valence-corrected chi connectivity index (χ1v) is 15.5. The topological polar surface area (TPSA) is 43.4 Å². The van der Waals surface area contributed by atoms with E-state index in [1.165, 1.54) is 0 Å². The second kappa shape index (κ2) is 14.7. The third-order valence-electron chi connectivity index (χ3n) is 4.32. The van der Waals surface area contributed by atoms with Crippen LogP contribution in [0.15, 0.2) is 0 Å². The molecular formula is C18H42HfN2O4. The van der Waals surface area contributed by atoms with Gasteiger partial charge in [0.25, 0.3) is 0 Å². The molecule has 6 nitrogen and oxygen atoms in total. The first-order valence-electron chi connectivity index (χ1n) is 9.66. The van der Waals surface area contributed by atoms with Crippen molar-refractivity contribution in [3.8, 4) is 0 Å². The number of likely N-dealkylation sites (N-methyl/N-ethyl adjacent to an activating group) is 2. The Morgan fingerprint density at radius 2 is 1.04 bits per heavy atom. The number of nitrogens with zero attached hydrogens (tertiary/aromatic N) is 2. The van der Waals surface area contributed by atoms with E-state index in [2.05, 4.69) is 65.7 Å². The summed E-state index contributed by atoms with van der Waals surface area (Å²) in [6.45, 7) is 11.0. The van der Waals surface area contributed by atoms with Crippen molar-refractivity contribution in [3.63, 3.8) is 0 Å². The molecule has 0 radical (unpaired) electrons. The zero-order chi connectivity index (χ0) is 19.3. The first-order chi connectivity index (χ1) is 11.8. The van der Waals surface area contributed by atoms with Gasteiger partial charge in [0, 0.05) is 0 Å². The molecule has 0 bridgehead atoms. The van der Waals surface area contributed by atoms with Gasteiger partial charge in [0.2, 0.25) is 0 Å². The molecule has 152 valence electrons. The quantitative estimate of drug-likeness (QED) is 0.226. The fourth-order valence-corrected chi connectivity index (χ4v) is 9.51. The van der Waals surface area contributed by atoms with Crippen molar-refractivity contribution in [3.05, 3.63) is 0 Å². The van der Waals surface area contributed by atoms with E-state index in [0.717, 1.165) is 25.7 Å². The predicted molar refractivity (Wildman–Crippen MR) is 99.9 cm³/mol.